The SMILES string of the molecule is Cc1cccc(C2/C(=C(\O)c3ccncc3)C(=O)C(=O)N2c2nc3ccc(C(=O)O)cc3[nH]2)c1. The molecule has 1 fully saturated rings. The second-order valence-corrected chi connectivity index (χ2v) is 7.92. The first-order valence-corrected chi connectivity index (χ1v) is 10.4. The normalized spacial score (nSPS) is 17.4. The molecule has 0 radical (unpaired) electrons. The van der Waals surface area contributed by atoms with Crippen molar-refractivity contribution in [2.24, 2.45) is 0 Å². The summed E-state index contributed by atoms with van der Waals surface area (Å²) in [5.74, 6) is -3.07. The standard InChI is InChI=1S/C25H18N4O5/c1-13-3-2-4-15(11-13)20-19(21(30)14-7-9-26-10-8-14)22(31)23(32)29(20)25-27-17-6-5-16(24(33)34)12-18(17)28-25/h2-12,20,30H,1H3,(H,27,28)(H,33,34)/b21-19+. The number of aryl methyl sites for hydroxylation is 1. The van der Waals surface area contributed by atoms with Crippen LogP contribution in [0.3, 0.4) is 0 Å². The van der Waals surface area contributed by atoms with Gasteiger partial charge in [0.15, 0.2) is 0 Å². The molecule has 5 rings (SSSR count). The van der Waals surface area contributed by atoms with Crippen LogP contribution in [0.1, 0.15) is 33.1 Å². The second kappa shape index (κ2) is 7.96. The third kappa shape index (κ3) is 3.39. The molecule has 0 saturated carbocycles. The number of amides is 1. The monoisotopic (exact) mass is 454 g/mol. The van der Waals surface area contributed by atoms with Gasteiger partial charge in [-0.1, -0.05) is 29.8 Å². The number of anilines is 1. The zero-order valence-electron chi connectivity index (χ0n) is 17.9. The Hall–Kier alpha value is -4.79. The van der Waals surface area contributed by atoms with Gasteiger partial charge in [0.2, 0.25) is 5.95 Å². The van der Waals surface area contributed by atoms with Crippen LogP contribution < -0.4 is 4.90 Å². The van der Waals surface area contributed by atoms with Crippen LogP contribution in [0.5, 0.6) is 0 Å². The summed E-state index contributed by atoms with van der Waals surface area (Å²) in [6, 6.07) is 13.8. The van der Waals surface area contributed by atoms with E-state index < -0.39 is 23.7 Å². The van der Waals surface area contributed by atoms with E-state index in [1.807, 2.05) is 19.1 Å². The molecule has 1 amide bonds. The smallest absolute Gasteiger partial charge is 0.335 e. The van der Waals surface area contributed by atoms with E-state index in [1.54, 1.807) is 24.3 Å². The number of nitrogens with zero attached hydrogens (tertiary/aromatic N) is 3. The fourth-order valence-corrected chi connectivity index (χ4v) is 4.12. The Balaban J connectivity index is 1.73. The van der Waals surface area contributed by atoms with Crippen molar-refractivity contribution in [2.45, 2.75) is 13.0 Å². The zero-order chi connectivity index (χ0) is 24.0. The number of H-pyrrole nitrogens is 1. The highest BCUT2D eigenvalue weighted by Crippen LogP contribution is 2.41. The Bertz CT molecular complexity index is 1510. The average molecular weight is 454 g/mol. The Labute approximate surface area is 193 Å². The van der Waals surface area contributed by atoms with Crippen molar-refractivity contribution >= 4 is 40.4 Å². The van der Waals surface area contributed by atoms with Gasteiger partial charge >= 0.3 is 11.9 Å². The highest BCUT2D eigenvalue weighted by atomic mass is 16.4. The summed E-state index contributed by atoms with van der Waals surface area (Å²) in [5.41, 5.74) is 2.67. The van der Waals surface area contributed by atoms with Gasteiger partial charge in [0.25, 0.3) is 5.78 Å². The molecule has 0 aliphatic carbocycles. The average Bonchev–Trinajstić information content (AvgIpc) is 3.37. The lowest BCUT2D eigenvalue weighted by atomic mass is 9.95. The largest absolute Gasteiger partial charge is 0.507 e. The number of hydrogen-bond donors (Lipinski definition) is 3. The molecular formula is C25H18N4O5. The van der Waals surface area contributed by atoms with Crippen molar-refractivity contribution in [1.82, 2.24) is 15.0 Å². The highest BCUT2D eigenvalue weighted by molar-refractivity contribution is 6.51. The van der Waals surface area contributed by atoms with Crippen molar-refractivity contribution < 1.29 is 24.6 Å². The third-order valence-corrected chi connectivity index (χ3v) is 5.70. The molecule has 3 N–H and O–H groups in total. The van der Waals surface area contributed by atoms with Crippen LogP contribution in [0.25, 0.3) is 16.8 Å². The van der Waals surface area contributed by atoms with E-state index in [2.05, 4.69) is 15.0 Å². The van der Waals surface area contributed by atoms with E-state index >= 15 is 0 Å². The van der Waals surface area contributed by atoms with E-state index in [0.29, 0.717) is 22.2 Å². The molecular weight excluding hydrogens is 436 g/mol. The maximum Gasteiger partial charge on any atom is 0.335 e. The summed E-state index contributed by atoms with van der Waals surface area (Å²) < 4.78 is 0. The van der Waals surface area contributed by atoms with Gasteiger partial charge in [-0.2, -0.15) is 0 Å². The summed E-state index contributed by atoms with van der Waals surface area (Å²) in [6.07, 6.45) is 2.96. The minimum absolute atomic E-state index is 0.0534. The molecule has 2 aromatic heterocycles. The lowest BCUT2D eigenvalue weighted by molar-refractivity contribution is -0.132. The molecule has 1 aliphatic heterocycles. The quantitative estimate of drug-likeness (QED) is 0.243. The van der Waals surface area contributed by atoms with Gasteiger partial charge in [-0.05, 0) is 42.8 Å². The number of carboxylic acid groups (broad SMARTS) is 1. The number of nitrogens with one attached hydrogen (secondary N) is 1. The minimum atomic E-state index is -1.10. The number of hydrogen-bond acceptors (Lipinski definition) is 6. The number of carbonyl (C=O) groups is 3. The summed E-state index contributed by atoms with van der Waals surface area (Å²) in [4.78, 5) is 50.3. The van der Waals surface area contributed by atoms with Crippen molar-refractivity contribution in [3.8, 4) is 0 Å². The van der Waals surface area contributed by atoms with E-state index in [0.717, 1.165) is 5.56 Å². The molecule has 1 saturated heterocycles. The number of pyridine rings is 1. The number of aliphatic hydroxyl groups excluding tert-OH is 1. The predicted octanol–water partition coefficient (Wildman–Crippen LogP) is 3.59. The molecule has 2 aromatic carbocycles. The number of aliphatic hydroxyl groups is 1. The maximum absolute atomic E-state index is 13.2. The first kappa shape index (κ1) is 21.1. The van der Waals surface area contributed by atoms with E-state index in [-0.39, 0.29) is 22.8 Å². The number of fused-ring (bicyclic) bond motifs is 1. The van der Waals surface area contributed by atoms with Gasteiger partial charge < -0.3 is 15.2 Å². The fourth-order valence-electron chi connectivity index (χ4n) is 4.12. The van der Waals surface area contributed by atoms with Crippen molar-refractivity contribution in [3.05, 3.63) is 94.8 Å². The first-order chi connectivity index (χ1) is 16.3. The van der Waals surface area contributed by atoms with Crippen molar-refractivity contribution in [1.29, 1.82) is 0 Å². The van der Waals surface area contributed by atoms with Gasteiger partial charge in [0.1, 0.15) is 5.76 Å². The van der Waals surface area contributed by atoms with Gasteiger partial charge in [0, 0.05) is 18.0 Å². The first-order valence-electron chi connectivity index (χ1n) is 10.4. The minimum Gasteiger partial charge on any atom is -0.507 e. The Kier molecular flexibility index (Phi) is 4.94. The number of carbonyl (C=O) groups excluding carboxylic acids is 2. The molecule has 168 valence electrons. The Morgan fingerprint density at radius 1 is 1.00 bits per heavy atom. The van der Waals surface area contributed by atoms with Crippen molar-refractivity contribution in [3.63, 3.8) is 0 Å². The molecule has 1 unspecified atom stereocenters. The predicted molar refractivity (Wildman–Crippen MR) is 123 cm³/mol. The van der Waals surface area contributed by atoms with Crippen LogP contribution in [0.4, 0.5) is 5.95 Å². The lowest BCUT2D eigenvalue weighted by Crippen LogP contribution is -2.30. The van der Waals surface area contributed by atoms with Crippen LogP contribution in [0.2, 0.25) is 0 Å². The lowest BCUT2D eigenvalue weighted by Gasteiger charge is -2.23. The van der Waals surface area contributed by atoms with E-state index in [1.165, 1.54) is 35.5 Å². The molecule has 9 heteroatoms. The number of aromatic amines is 1. The third-order valence-electron chi connectivity index (χ3n) is 5.70. The molecule has 9 nitrogen and oxygen atoms in total. The Morgan fingerprint density at radius 2 is 1.76 bits per heavy atom. The van der Waals surface area contributed by atoms with Crippen LogP contribution in [0, 0.1) is 6.92 Å². The molecule has 34 heavy (non-hydrogen) atoms. The number of rotatable bonds is 4. The number of benzene rings is 2. The van der Waals surface area contributed by atoms with Crippen LogP contribution in [-0.4, -0.2) is 42.8 Å². The van der Waals surface area contributed by atoms with E-state index in [4.69, 9.17) is 0 Å². The molecule has 0 bridgehead atoms. The van der Waals surface area contributed by atoms with Gasteiger partial charge in [-0.25, -0.2) is 9.78 Å². The van der Waals surface area contributed by atoms with Gasteiger partial charge in [0.05, 0.1) is 28.2 Å². The van der Waals surface area contributed by atoms with Crippen LogP contribution in [0.15, 0.2) is 72.6 Å². The number of aromatic nitrogens is 3. The van der Waals surface area contributed by atoms with Gasteiger partial charge in [-0.15, -0.1) is 0 Å². The number of Topliss-reactive ketones (excluding diaryl/α,β-unsaturated/α-hetero) is 1. The molecule has 1 aliphatic rings. The zero-order valence-corrected chi connectivity index (χ0v) is 17.9. The summed E-state index contributed by atoms with van der Waals surface area (Å²) in [7, 11) is 0. The number of carboxylic acids is 1. The van der Waals surface area contributed by atoms with Crippen LogP contribution >= 0.6 is 0 Å². The van der Waals surface area contributed by atoms with E-state index in [9.17, 15) is 24.6 Å². The van der Waals surface area contributed by atoms with Gasteiger partial charge in [-0.3, -0.25) is 19.5 Å². The molecule has 3 heterocycles. The molecule has 1 atom stereocenters. The highest BCUT2D eigenvalue weighted by Gasteiger charge is 2.48. The summed E-state index contributed by atoms with van der Waals surface area (Å²) in [6.45, 7) is 1.88. The second-order valence-electron chi connectivity index (χ2n) is 7.92. The summed E-state index contributed by atoms with van der Waals surface area (Å²) >= 11 is 0. The number of ketones is 1. The fraction of sp³-hybridized carbons (Fsp3) is 0.0800. The molecule has 4 aromatic rings. The Morgan fingerprint density at radius 3 is 2.47 bits per heavy atom. The molecule has 0 spiro atoms. The van der Waals surface area contributed by atoms with Crippen molar-refractivity contribution in [2.75, 3.05) is 4.90 Å². The summed E-state index contributed by atoms with van der Waals surface area (Å²) in [5, 5.41) is 20.3. The topological polar surface area (TPSA) is 136 Å². The maximum atomic E-state index is 13.2. The van der Waals surface area contributed by atoms with Crippen LogP contribution in [-0.2, 0) is 9.59 Å². The number of aromatic carboxylic acids is 1. The number of imidazole rings is 1.